The van der Waals surface area contributed by atoms with E-state index >= 15 is 0 Å². The van der Waals surface area contributed by atoms with E-state index in [-0.39, 0.29) is 22.0 Å². The number of nitrogens with zero attached hydrogens (tertiary/aromatic N) is 1. The largest absolute Gasteiger partial charge is 0.506 e. The molecule has 0 amide bonds. The van der Waals surface area contributed by atoms with Crippen molar-refractivity contribution in [2.45, 2.75) is 4.90 Å². The van der Waals surface area contributed by atoms with E-state index in [4.69, 9.17) is 0 Å². The number of phenols is 1. The highest BCUT2D eigenvalue weighted by Crippen LogP contribution is 2.35. The fourth-order valence-corrected chi connectivity index (χ4v) is 3.81. The first-order valence-electron chi connectivity index (χ1n) is 5.66. The highest BCUT2D eigenvalue weighted by molar-refractivity contribution is 9.11. The van der Waals surface area contributed by atoms with Gasteiger partial charge >= 0.3 is 0 Å². The van der Waals surface area contributed by atoms with Crippen molar-refractivity contribution in [3.05, 3.63) is 55.5 Å². The van der Waals surface area contributed by atoms with Crippen molar-refractivity contribution in [1.82, 2.24) is 0 Å². The Balaban J connectivity index is 2.33. The SMILES string of the molecule is O=[N+]([O-])c1ccc(S(=O)(=O)Nc2cc(Br)c(O)c(Br)c2)cc1. The van der Waals surface area contributed by atoms with Crippen molar-refractivity contribution in [3.8, 4) is 5.75 Å². The Bertz CT molecular complexity index is 814. The smallest absolute Gasteiger partial charge is 0.269 e. The summed E-state index contributed by atoms with van der Waals surface area (Å²) in [5.41, 5.74) is 0.0176. The molecule has 0 spiro atoms. The first-order valence-corrected chi connectivity index (χ1v) is 8.73. The number of aromatic hydroxyl groups is 1. The van der Waals surface area contributed by atoms with Gasteiger partial charge in [-0.2, -0.15) is 0 Å². The monoisotopic (exact) mass is 450 g/mol. The highest BCUT2D eigenvalue weighted by atomic mass is 79.9. The summed E-state index contributed by atoms with van der Waals surface area (Å²) in [6.45, 7) is 0. The third-order valence-electron chi connectivity index (χ3n) is 2.63. The maximum atomic E-state index is 12.2. The van der Waals surface area contributed by atoms with Gasteiger partial charge in [0.25, 0.3) is 15.7 Å². The Morgan fingerprint density at radius 3 is 2.05 bits per heavy atom. The van der Waals surface area contributed by atoms with Crippen LogP contribution in [0.4, 0.5) is 11.4 Å². The predicted molar refractivity (Wildman–Crippen MR) is 87.4 cm³/mol. The summed E-state index contributed by atoms with van der Waals surface area (Å²) in [5, 5.41) is 20.2. The van der Waals surface area contributed by atoms with Gasteiger partial charge in [-0.25, -0.2) is 8.42 Å². The summed E-state index contributed by atoms with van der Waals surface area (Å²) in [5.74, 6) is -0.0571. The van der Waals surface area contributed by atoms with Gasteiger partial charge in [0.05, 0.1) is 24.5 Å². The maximum Gasteiger partial charge on any atom is 0.269 e. The number of phenolic OH excluding ortho intramolecular Hbond substituents is 1. The molecule has 0 aliphatic rings. The summed E-state index contributed by atoms with van der Waals surface area (Å²) >= 11 is 6.19. The third-order valence-corrected chi connectivity index (χ3v) is 5.23. The molecule has 0 bridgehead atoms. The van der Waals surface area contributed by atoms with E-state index in [1.807, 2.05) is 0 Å². The average molecular weight is 452 g/mol. The van der Waals surface area contributed by atoms with Crippen LogP contribution in [0.5, 0.6) is 5.75 Å². The number of rotatable bonds is 4. The van der Waals surface area contributed by atoms with Crippen LogP contribution in [0.3, 0.4) is 0 Å². The first kappa shape index (κ1) is 16.7. The number of nitro groups is 1. The van der Waals surface area contributed by atoms with Gasteiger partial charge in [0.15, 0.2) is 0 Å². The lowest BCUT2D eigenvalue weighted by atomic mass is 10.3. The molecule has 0 aromatic heterocycles. The van der Waals surface area contributed by atoms with Gasteiger partial charge in [0, 0.05) is 12.1 Å². The van der Waals surface area contributed by atoms with E-state index in [0.717, 1.165) is 24.3 Å². The van der Waals surface area contributed by atoms with Crippen LogP contribution in [0.15, 0.2) is 50.2 Å². The summed E-state index contributed by atoms with van der Waals surface area (Å²) in [7, 11) is -3.90. The summed E-state index contributed by atoms with van der Waals surface area (Å²) in [6.07, 6.45) is 0. The molecule has 0 radical (unpaired) electrons. The van der Waals surface area contributed by atoms with Gasteiger partial charge in [-0.15, -0.1) is 0 Å². The molecule has 2 rings (SSSR count). The minimum absolute atomic E-state index is 0.0571. The number of non-ortho nitro benzene ring substituents is 1. The standard InChI is InChI=1S/C12H8Br2N2O5S/c13-10-5-7(6-11(14)12(10)17)15-22(20,21)9-3-1-8(2-4-9)16(18)19/h1-6,15,17H. The molecule has 10 heteroatoms. The molecule has 0 saturated heterocycles. The Morgan fingerprint density at radius 1 is 1.09 bits per heavy atom. The van der Waals surface area contributed by atoms with Crippen molar-refractivity contribution >= 4 is 53.3 Å². The Labute approximate surface area is 142 Å². The van der Waals surface area contributed by atoms with Gasteiger partial charge in [0.2, 0.25) is 0 Å². The summed E-state index contributed by atoms with van der Waals surface area (Å²) in [6, 6.07) is 7.29. The van der Waals surface area contributed by atoms with Crippen LogP contribution < -0.4 is 4.72 Å². The van der Waals surface area contributed by atoms with Crippen molar-refractivity contribution in [2.24, 2.45) is 0 Å². The topological polar surface area (TPSA) is 110 Å². The lowest BCUT2D eigenvalue weighted by molar-refractivity contribution is -0.384. The number of halogens is 2. The zero-order valence-corrected chi connectivity index (χ0v) is 14.6. The van der Waals surface area contributed by atoms with Crippen LogP contribution in [0, 0.1) is 10.1 Å². The number of anilines is 1. The van der Waals surface area contributed by atoms with Crippen molar-refractivity contribution < 1.29 is 18.4 Å². The van der Waals surface area contributed by atoms with Gasteiger partial charge < -0.3 is 5.11 Å². The molecule has 0 unspecified atom stereocenters. The molecule has 0 aliphatic heterocycles. The van der Waals surface area contributed by atoms with Crippen LogP contribution in [-0.2, 0) is 10.0 Å². The molecule has 116 valence electrons. The number of nitrogens with one attached hydrogen (secondary N) is 1. The second kappa shape index (κ2) is 6.23. The first-order chi connectivity index (χ1) is 10.2. The van der Waals surface area contributed by atoms with Crippen LogP contribution in [-0.4, -0.2) is 18.4 Å². The van der Waals surface area contributed by atoms with Crippen LogP contribution in [0.25, 0.3) is 0 Å². The molecule has 0 atom stereocenters. The zero-order valence-electron chi connectivity index (χ0n) is 10.7. The molecule has 0 aliphatic carbocycles. The predicted octanol–water partition coefficient (Wildman–Crippen LogP) is 3.63. The van der Waals surface area contributed by atoms with Crippen LogP contribution in [0.1, 0.15) is 0 Å². The third kappa shape index (κ3) is 3.57. The molecule has 2 N–H and O–H groups in total. The Morgan fingerprint density at radius 2 is 1.59 bits per heavy atom. The molecular weight excluding hydrogens is 444 g/mol. The Hall–Kier alpha value is -1.65. The minimum Gasteiger partial charge on any atom is -0.506 e. The molecule has 0 heterocycles. The second-order valence-electron chi connectivity index (χ2n) is 4.15. The molecule has 0 saturated carbocycles. The van der Waals surface area contributed by atoms with E-state index in [9.17, 15) is 23.6 Å². The van der Waals surface area contributed by atoms with Crippen molar-refractivity contribution in [1.29, 1.82) is 0 Å². The minimum atomic E-state index is -3.90. The number of benzene rings is 2. The molecule has 2 aromatic rings. The fraction of sp³-hybridized carbons (Fsp3) is 0. The zero-order chi connectivity index (χ0) is 16.5. The second-order valence-corrected chi connectivity index (χ2v) is 7.54. The van der Waals surface area contributed by atoms with Crippen LogP contribution in [0.2, 0.25) is 0 Å². The van der Waals surface area contributed by atoms with E-state index in [1.165, 1.54) is 12.1 Å². The van der Waals surface area contributed by atoms with Gasteiger partial charge in [-0.05, 0) is 56.1 Å². The molecular formula is C12H8Br2N2O5S. The van der Waals surface area contributed by atoms with Gasteiger partial charge in [-0.3, -0.25) is 14.8 Å². The lowest BCUT2D eigenvalue weighted by Gasteiger charge is -2.10. The maximum absolute atomic E-state index is 12.2. The number of hydrogen-bond donors (Lipinski definition) is 2. The van der Waals surface area contributed by atoms with E-state index < -0.39 is 14.9 Å². The molecule has 2 aromatic carbocycles. The average Bonchev–Trinajstić information content (AvgIpc) is 2.44. The van der Waals surface area contributed by atoms with Gasteiger partial charge in [0.1, 0.15) is 5.75 Å². The number of sulfonamides is 1. The van der Waals surface area contributed by atoms with Crippen LogP contribution >= 0.6 is 31.9 Å². The normalized spacial score (nSPS) is 11.2. The number of nitro benzene ring substituents is 1. The van der Waals surface area contributed by atoms with Gasteiger partial charge in [-0.1, -0.05) is 0 Å². The highest BCUT2D eigenvalue weighted by Gasteiger charge is 2.17. The molecule has 0 fully saturated rings. The fourth-order valence-electron chi connectivity index (χ4n) is 1.59. The molecule has 7 nitrogen and oxygen atoms in total. The molecule has 22 heavy (non-hydrogen) atoms. The van der Waals surface area contributed by atoms with E-state index in [1.54, 1.807) is 0 Å². The van der Waals surface area contributed by atoms with Crippen molar-refractivity contribution in [3.63, 3.8) is 0 Å². The summed E-state index contributed by atoms with van der Waals surface area (Å²) < 4.78 is 27.4. The van der Waals surface area contributed by atoms with Crippen molar-refractivity contribution in [2.75, 3.05) is 4.72 Å². The lowest BCUT2D eigenvalue weighted by Crippen LogP contribution is -2.13. The summed E-state index contributed by atoms with van der Waals surface area (Å²) in [4.78, 5) is 9.84. The Kier molecular flexibility index (Phi) is 4.73. The quantitative estimate of drug-likeness (QED) is 0.419. The number of hydrogen-bond acceptors (Lipinski definition) is 5. The van der Waals surface area contributed by atoms with E-state index in [2.05, 4.69) is 36.6 Å². The van der Waals surface area contributed by atoms with E-state index in [0.29, 0.717) is 8.95 Å².